The number of hydrogen-bond donors (Lipinski definition) is 2. The predicted molar refractivity (Wildman–Crippen MR) is 122 cm³/mol. The van der Waals surface area contributed by atoms with Crippen molar-refractivity contribution in [3.63, 3.8) is 0 Å². The van der Waals surface area contributed by atoms with Crippen LogP contribution in [0, 0.1) is 13.8 Å². The number of anilines is 1. The average molecular weight is 428 g/mol. The van der Waals surface area contributed by atoms with Gasteiger partial charge in [0.1, 0.15) is 11.5 Å². The molecule has 1 saturated carbocycles. The Labute approximate surface area is 182 Å². The molecule has 0 amide bonds. The summed E-state index contributed by atoms with van der Waals surface area (Å²) in [5.74, 6) is -1.89. The number of nitrogens with one attached hydrogen (secondary N) is 1. The van der Waals surface area contributed by atoms with Gasteiger partial charge in [-0.15, -0.1) is 0 Å². The maximum atomic E-state index is 13.9. The number of carboxylic acid groups (broad SMARTS) is 1. The molecule has 31 heavy (non-hydrogen) atoms. The maximum Gasteiger partial charge on any atom is 0.364 e. The van der Waals surface area contributed by atoms with Gasteiger partial charge in [-0.25, -0.2) is 4.79 Å². The molecule has 0 unspecified atom stereocenters. The lowest BCUT2D eigenvalue weighted by atomic mass is 9.91. The highest BCUT2D eigenvalue weighted by Crippen LogP contribution is 2.45. The lowest BCUT2D eigenvalue weighted by Crippen LogP contribution is -2.22. The summed E-state index contributed by atoms with van der Waals surface area (Å²) in [5, 5.41) is 12.6. The van der Waals surface area contributed by atoms with Crippen molar-refractivity contribution < 1.29 is 23.8 Å². The van der Waals surface area contributed by atoms with Crippen molar-refractivity contribution in [2.75, 3.05) is 19.5 Å². The van der Waals surface area contributed by atoms with Crippen molar-refractivity contribution in [2.45, 2.75) is 52.0 Å². The Hall–Kier alpha value is -3.02. The maximum absolute atomic E-state index is 13.9. The van der Waals surface area contributed by atoms with Crippen LogP contribution in [0.15, 0.2) is 30.1 Å². The third kappa shape index (κ3) is 4.84. The quantitative estimate of drug-likeness (QED) is 0.521. The van der Waals surface area contributed by atoms with Crippen LogP contribution >= 0.6 is 0 Å². The summed E-state index contributed by atoms with van der Waals surface area (Å²) in [6.45, 7) is 3.63. The smallest absolute Gasteiger partial charge is 0.364 e. The molecule has 3 rings (SSSR count). The molecule has 0 aromatic heterocycles. The second-order valence-corrected chi connectivity index (χ2v) is 7.96. The van der Waals surface area contributed by atoms with Crippen molar-refractivity contribution in [3.8, 4) is 22.6 Å². The number of hydrogen-bond acceptors (Lipinski definition) is 4. The fourth-order valence-electron chi connectivity index (χ4n) is 4.41. The van der Waals surface area contributed by atoms with Crippen molar-refractivity contribution in [1.29, 1.82) is 0 Å². The first kappa shape index (κ1) is 22.7. The van der Waals surface area contributed by atoms with E-state index >= 15 is 0 Å². The van der Waals surface area contributed by atoms with E-state index < -0.39 is 11.8 Å². The summed E-state index contributed by atoms with van der Waals surface area (Å²) in [4.78, 5) is 11.0. The van der Waals surface area contributed by atoms with Crippen LogP contribution in [0.4, 0.5) is 10.1 Å². The van der Waals surface area contributed by atoms with E-state index in [0.29, 0.717) is 28.7 Å². The second kappa shape index (κ2) is 9.86. The standard InChI is InChI=1S/C25H30FNO4/c1-15-20(14-21(26)25(28)29)23(30-3)16(2)22(24(15)31-4)17-10-12-19(13-11-17)27-18-8-6-5-7-9-18/h10-14,18,27H,5-9H2,1-4H3,(H,28,29)/b21-14-. The molecule has 0 heterocycles. The number of halogens is 1. The van der Waals surface area contributed by atoms with E-state index in [9.17, 15) is 9.18 Å². The third-order valence-corrected chi connectivity index (χ3v) is 5.97. The fourth-order valence-corrected chi connectivity index (χ4v) is 4.41. The molecule has 2 N–H and O–H groups in total. The van der Waals surface area contributed by atoms with Gasteiger partial charge < -0.3 is 19.9 Å². The molecule has 0 aliphatic heterocycles. The first-order chi connectivity index (χ1) is 14.9. The summed E-state index contributed by atoms with van der Waals surface area (Å²) in [6.07, 6.45) is 7.24. The Balaban J connectivity index is 2.03. The number of carbonyl (C=O) groups is 1. The predicted octanol–water partition coefficient (Wildman–Crippen LogP) is 6.13. The van der Waals surface area contributed by atoms with E-state index in [4.69, 9.17) is 14.6 Å². The van der Waals surface area contributed by atoms with Gasteiger partial charge in [0.2, 0.25) is 5.83 Å². The number of methoxy groups -OCH3 is 2. The Morgan fingerprint density at radius 3 is 2.19 bits per heavy atom. The summed E-state index contributed by atoms with van der Waals surface area (Å²) >= 11 is 0. The van der Waals surface area contributed by atoms with Crippen molar-refractivity contribution in [1.82, 2.24) is 0 Å². The van der Waals surface area contributed by atoms with Crippen LogP contribution < -0.4 is 14.8 Å². The molecule has 1 aliphatic carbocycles. The van der Waals surface area contributed by atoms with E-state index in [2.05, 4.69) is 17.4 Å². The molecule has 0 bridgehead atoms. The largest absolute Gasteiger partial charge is 0.496 e. The molecule has 1 aliphatic rings. The van der Waals surface area contributed by atoms with Crippen molar-refractivity contribution >= 4 is 17.7 Å². The highest BCUT2D eigenvalue weighted by molar-refractivity contribution is 5.92. The van der Waals surface area contributed by atoms with E-state index in [1.165, 1.54) is 39.2 Å². The summed E-state index contributed by atoms with van der Waals surface area (Å²) in [7, 11) is 3.04. The fraction of sp³-hybridized carbons (Fsp3) is 0.400. The van der Waals surface area contributed by atoms with Gasteiger partial charge in [0.25, 0.3) is 0 Å². The molecule has 2 aromatic rings. The van der Waals surface area contributed by atoms with Gasteiger partial charge in [0.15, 0.2) is 0 Å². The summed E-state index contributed by atoms with van der Waals surface area (Å²) in [6, 6.07) is 8.70. The molecule has 0 spiro atoms. The van der Waals surface area contributed by atoms with Crippen molar-refractivity contribution in [2.24, 2.45) is 0 Å². The molecule has 0 radical (unpaired) electrons. The minimum atomic E-state index is -1.62. The van der Waals surface area contributed by atoms with Gasteiger partial charge >= 0.3 is 5.97 Å². The molecule has 5 nitrogen and oxygen atoms in total. The van der Waals surface area contributed by atoms with Crippen LogP contribution in [0.1, 0.15) is 48.8 Å². The van der Waals surface area contributed by atoms with Gasteiger partial charge in [-0.05, 0) is 50.5 Å². The van der Waals surface area contributed by atoms with Crippen LogP contribution in [-0.4, -0.2) is 31.3 Å². The molecule has 2 aromatic carbocycles. The Morgan fingerprint density at radius 1 is 1.03 bits per heavy atom. The molecule has 166 valence electrons. The van der Waals surface area contributed by atoms with Gasteiger partial charge in [0, 0.05) is 34.0 Å². The molecular weight excluding hydrogens is 397 g/mol. The second-order valence-electron chi connectivity index (χ2n) is 7.96. The average Bonchev–Trinajstić information content (AvgIpc) is 2.77. The zero-order valence-corrected chi connectivity index (χ0v) is 18.5. The monoisotopic (exact) mass is 427 g/mol. The zero-order chi connectivity index (χ0) is 22.5. The van der Waals surface area contributed by atoms with Crippen LogP contribution in [0.2, 0.25) is 0 Å². The van der Waals surface area contributed by atoms with E-state index in [1.807, 2.05) is 19.1 Å². The molecule has 1 fully saturated rings. The van der Waals surface area contributed by atoms with Gasteiger partial charge in [-0.3, -0.25) is 0 Å². The summed E-state index contributed by atoms with van der Waals surface area (Å²) in [5.41, 5.74) is 4.59. The first-order valence-corrected chi connectivity index (χ1v) is 10.6. The van der Waals surface area contributed by atoms with E-state index in [1.54, 1.807) is 14.0 Å². The SMILES string of the molecule is COc1c(C)c(-c2ccc(NC3CCCCC3)cc2)c(OC)c(C)c1/C=C(\F)C(=O)O. The number of ether oxygens (including phenoxy) is 2. The highest BCUT2D eigenvalue weighted by atomic mass is 19.1. The van der Waals surface area contributed by atoms with Crippen LogP contribution in [0.5, 0.6) is 11.5 Å². The van der Waals surface area contributed by atoms with Crippen molar-refractivity contribution in [3.05, 3.63) is 46.8 Å². The summed E-state index contributed by atoms with van der Waals surface area (Å²) < 4.78 is 25.1. The molecule has 0 saturated heterocycles. The number of aliphatic carboxylic acids is 1. The molecular formula is C25H30FNO4. The third-order valence-electron chi connectivity index (χ3n) is 5.97. The van der Waals surface area contributed by atoms with Gasteiger partial charge in [-0.2, -0.15) is 4.39 Å². The normalized spacial score (nSPS) is 14.9. The molecule has 6 heteroatoms. The minimum Gasteiger partial charge on any atom is -0.496 e. The van der Waals surface area contributed by atoms with Gasteiger partial charge in [-0.1, -0.05) is 31.4 Å². The Bertz CT molecular complexity index is 976. The minimum absolute atomic E-state index is 0.357. The Kier molecular flexibility index (Phi) is 7.21. The van der Waals surface area contributed by atoms with Gasteiger partial charge in [0.05, 0.1) is 14.2 Å². The Morgan fingerprint density at radius 2 is 1.65 bits per heavy atom. The lowest BCUT2D eigenvalue weighted by molar-refractivity contribution is -0.134. The first-order valence-electron chi connectivity index (χ1n) is 10.6. The topological polar surface area (TPSA) is 67.8 Å². The number of carboxylic acids is 1. The van der Waals surface area contributed by atoms with Crippen LogP contribution in [0.3, 0.4) is 0 Å². The van der Waals surface area contributed by atoms with E-state index in [-0.39, 0.29) is 0 Å². The zero-order valence-electron chi connectivity index (χ0n) is 18.5. The van der Waals surface area contributed by atoms with Crippen LogP contribution in [-0.2, 0) is 4.79 Å². The highest BCUT2D eigenvalue weighted by Gasteiger charge is 2.22. The van der Waals surface area contributed by atoms with Crippen LogP contribution in [0.25, 0.3) is 17.2 Å². The number of rotatable bonds is 7. The molecule has 0 atom stereocenters. The lowest BCUT2D eigenvalue weighted by Gasteiger charge is -2.24. The number of benzene rings is 2. The van der Waals surface area contributed by atoms with E-state index in [0.717, 1.165) is 28.5 Å².